The molecule has 4 aromatic heterocycles. The van der Waals surface area contributed by atoms with Crippen LogP contribution in [0, 0.1) is 0 Å². The average Bonchev–Trinajstić information content (AvgIpc) is 3.46. The Kier molecular flexibility index (Phi) is 5.26. The average molecular weight is 430 g/mol. The van der Waals surface area contributed by atoms with E-state index in [1.54, 1.807) is 12.4 Å². The number of nitrogens with zero attached hydrogens (tertiary/aromatic N) is 3. The normalized spacial score (nSPS) is 15.2. The molecule has 156 valence electrons. The maximum atomic E-state index is 13.0. The molecular formula is C24H23N5OS. The molecule has 6 nitrogen and oxygen atoms in total. The number of anilines is 1. The number of thiophene rings is 1. The van der Waals surface area contributed by atoms with Gasteiger partial charge in [0.2, 0.25) is 0 Å². The molecule has 1 aliphatic heterocycles. The predicted octanol–water partition coefficient (Wildman–Crippen LogP) is 4.79. The molecule has 31 heavy (non-hydrogen) atoms. The summed E-state index contributed by atoms with van der Waals surface area (Å²) < 4.78 is 0. The van der Waals surface area contributed by atoms with E-state index in [0.717, 1.165) is 53.0 Å². The second-order valence-corrected chi connectivity index (χ2v) is 8.69. The maximum Gasteiger partial charge on any atom is 0.263 e. The van der Waals surface area contributed by atoms with Gasteiger partial charge < -0.3 is 15.6 Å². The lowest BCUT2D eigenvalue weighted by molar-refractivity contribution is 0.0717. The molecule has 4 aromatic rings. The van der Waals surface area contributed by atoms with Gasteiger partial charge in [-0.25, -0.2) is 4.98 Å². The van der Waals surface area contributed by atoms with Crippen LogP contribution in [0.3, 0.4) is 0 Å². The fraction of sp³-hybridized carbons (Fsp3) is 0.208. The van der Waals surface area contributed by atoms with E-state index in [1.807, 2.05) is 52.8 Å². The van der Waals surface area contributed by atoms with Gasteiger partial charge in [0.15, 0.2) is 0 Å². The van der Waals surface area contributed by atoms with Crippen LogP contribution in [0.4, 0.5) is 5.82 Å². The number of nitrogens with two attached hydrogens (primary N) is 1. The Hall–Kier alpha value is -3.45. The summed E-state index contributed by atoms with van der Waals surface area (Å²) in [7, 11) is 0. The zero-order valence-electron chi connectivity index (χ0n) is 17.0. The number of hydrogen-bond acceptors (Lipinski definition) is 5. The van der Waals surface area contributed by atoms with E-state index in [0.29, 0.717) is 11.7 Å². The van der Waals surface area contributed by atoms with Crippen LogP contribution in [-0.4, -0.2) is 38.8 Å². The van der Waals surface area contributed by atoms with Crippen molar-refractivity contribution in [3.05, 3.63) is 76.0 Å². The van der Waals surface area contributed by atoms with E-state index in [1.165, 1.54) is 17.0 Å². The molecule has 7 heteroatoms. The lowest BCUT2D eigenvalue weighted by atomic mass is 9.93. The molecule has 1 saturated heterocycles. The van der Waals surface area contributed by atoms with Crippen molar-refractivity contribution in [2.45, 2.75) is 18.8 Å². The highest BCUT2D eigenvalue weighted by Gasteiger charge is 2.26. The highest BCUT2D eigenvalue weighted by Crippen LogP contribution is 2.32. The molecular weight excluding hydrogens is 406 g/mol. The van der Waals surface area contributed by atoms with Gasteiger partial charge in [0.1, 0.15) is 5.82 Å². The Labute approximate surface area is 184 Å². The molecule has 0 atom stereocenters. The van der Waals surface area contributed by atoms with Gasteiger partial charge in [0.25, 0.3) is 5.91 Å². The van der Waals surface area contributed by atoms with Crippen LogP contribution in [0.15, 0.2) is 54.2 Å². The molecule has 1 fully saturated rings. The fourth-order valence-corrected chi connectivity index (χ4v) is 4.92. The molecule has 5 rings (SSSR count). The number of nitrogen functional groups attached to an aromatic ring is 1. The first kappa shape index (κ1) is 19.5. The molecule has 1 aliphatic rings. The summed E-state index contributed by atoms with van der Waals surface area (Å²) in [6.45, 7) is 1.51. The zero-order valence-corrected chi connectivity index (χ0v) is 17.8. The van der Waals surface area contributed by atoms with Crippen molar-refractivity contribution in [1.29, 1.82) is 0 Å². The first-order chi connectivity index (χ1) is 15.2. The molecule has 5 heterocycles. The van der Waals surface area contributed by atoms with Crippen LogP contribution in [0.2, 0.25) is 0 Å². The number of fused-ring (bicyclic) bond motifs is 1. The SMILES string of the molecule is Nc1nccc2[nH]c(C3CCN(C(=O)c4cc(/C=C/c5ccccn5)cs4)CC3)cc12. The number of aromatic nitrogens is 3. The van der Waals surface area contributed by atoms with E-state index in [-0.39, 0.29) is 5.91 Å². The highest BCUT2D eigenvalue weighted by molar-refractivity contribution is 7.12. The second-order valence-electron chi connectivity index (χ2n) is 7.78. The van der Waals surface area contributed by atoms with Crippen LogP contribution < -0.4 is 5.73 Å². The van der Waals surface area contributed by atoms with Gasteiger partial charge in [0.05, 0.1) is 16.1 Å². The molecule has 1 amide bonds. The van der Waals surface area contributed by atoms with Gasteiger partial charge >= 0.3 is 0 Å². The van der Waals surface area contributed by atoms with Gasteiger partial charge in [-0.1, -0.05) is 12.1 Å². The molecule has 0 spiro atoms. The van der Waals surface area contributed by atoms with Gasteiger partial charge in [-0.15, -0.1) is 11.3 Å². The van der Waals surface area contributed by atoms with Crippen molar-refractivity contribution in [1.82, 2.24) is 19.9 Å². The Bertz CT molecular complexity index is 1240. The number of carbonyl (C=O) groups excluding carboxylic acids is 1. The molecule has 3 N–H and O–H groups in total. The quantitative estimate of drug-likeness (QED) is 0.488. The number of likely N-dealkylation sites (tertiary alicyclic amines) is 1. The fourth-order valence-electron chi connectivity index (χ4n) is 4.07. The number of hydrogen-bond donors (Lipinski definition) is 2. The number of nitrogens with one attached hydrogen (secondary N) is 1. The summed E-state index contributed by atoms with van der Waals surface area (Å²) in [6, 6.07) is 11.8. The first-order valence-electron chi connectivity index (χ1n) is 10.4. The molecule has 0 bridgehead atoms. The maximum absolute atomic E-state index is 13.0. The number of amides is 1. The second kappa shape index (κ2) is 8.35. The molecule has 0 aliphatic carbocycles. The lowest BCUT2D eigenvalue weighted by Gasteiger charge is -2.31. The lowest BCUT2D eigenvalue weighted by Crippen LogP contribution is -2.37. The Morgan fingerprint density at radius 1 is 1.13 bits per heavy atom. The van der Waals surface area contributed by atoms with Crippen LogP contribution in [0.1, 0.15) is 45.4 Å². The number of pyridine rings is 2. The van der Waals surface area contributed by atoms with Crippen LogP contribution in [0.25, 0.3) is 23.1 Å². The minimum atomic E-state index is 0.117. The molecule has 0 aromatic carbocycles. The highest BCUT2D eigenvalue weighted by atomic mass is 32.1. The Morgan fingerprint density at radius 3 is 2.77 bits per heavy atom. The standard InChI is InChI=1S/C24H23N5OS/c25-23-19-14-21(28-20(19)6-10-27-23)17-7-11-29(12-8-17)24(30)22-13-16(15-31-22)4-5-18-3-1-2-9-26-18/h1-6,9-10,13-15,17,28H,7-8,11-12H2,(H2,25,27)/b5-4+. The summed E-state index contributed by atoms with van der Waals surface area (Å²) in [5.41, 5.74) is 10.1. The number of H-pyrrole nitrogens is 1. The topological polar surface area (TPSA) is 87.9 Å². The summed E-state index contributed by atoms with van der Waals surface area (Å²) in [5, 5.41) is 2.99. The third-order valence-corrected chi connectivity index (χ3v) is 6.72. The smallest absolute Gasteiger partial charge is 0.263 e. The van der Waals surface area contributed by atoms with Gasteiger partial charge in [0, 0.05) is 42.5 Å². The number of piperidine rings is 1. The van der Waals surface area contributed by atoms with Crippen LogP contribution in [-0.2, 0) is 0 Å². The van der Waals surface area contributed by atoms with E-state index in [2.05, 4.69) is 21.0 Å². The third kappa shape index (κ3) is 4.09. The van der Waals surface area contributed by atoms with Gasteiger partial charge in [-0.3, -0.25) is 9.78 Å². The van der Waals surface area contributed by atoms with Crippen LogP contribution in [0.5, 0.6) is 0 Å². The van der Waals surface area contributed by atoms with E-state index >= 15 is 0 Å². The van der Waals surface area contributed by atoms with E-state index in [9.17, 15) is 4.79 Å². The summed E-state index contributed by atoms with van der Waals surface area (Å²) >= 11 is 1.50. The van der Waals surface area contributed by atoms with Crippen LogP contribution >= 0.6 is 11.3 Å². The molecule has 0 unspecified atom stereocenters. The van der Waals surface area contributed by atoms with Crippen molar-refractivity contribution in [3.8, 4) is 0 Å². The number of rotatable bonds is 4. The third-order valence-electron chi connectivity index (χ3n) is 5.79. The Balaban J connectivity index is 1.22. The van der Waals surface area contributed by atoms with Crippen molar-refractivity contribution in [2.75, 3.05) is 18.8 Å². The molecule has 0 saturated carbocycles. The van der Waals surface area contributed by atoms with Crippen molar-refractivity contribution < 1.29 is 4.79 Å². The van der Waals surface area contributed by atoms with Gasteiger partial charge in [-0.05, 0) is 60.2 Å². The van der Waals surface area contributed by atoms with Crippen molar-refractivity contribution in [2.24, 2.45) is 0 Å². The van der Waals surface area contributed by atoms with Crippen molar-refractivity contribution in [3.63, 3.8) is 0 Å². The summed E-state index contributed by atoms with van der Waals surface area (Å²) in [4.78, 5) is 27.7. The summed E-state index contributed by atoms with van der Waals surface area (Å²) in [5.74, 6) is 1.07. The number of carbonyl (C=O) groups is 1. The van der Waals surface area contributed by atoms with E-state index in [4.69, 9.17) is 5.73 Å². The minimum Gasteiger partial charge on any atom is -0.383 e. The molecule has 0 radical (unpaired) electrons. The predicted molar refractivity (Wildman–Crippen MR) is 126 cm³/mol. The van der Waals surface area contributed by atoms with Gasteiger partial charge in [-0.2, -0.15) is 0 Å². The monoisotopic (exact) mass is 429 g/mol. The number of aromatic amines is 1. The Morgan fingerprint density at radius 2 is 2.00 bits per heavy atom. The largest absolute Gasteiger partial charge is 0.383 e. The zero-order chi connectivity index (χ0) is 21.2. The minimum absolute atomic E-state index is 0.117. The summed E-state index contributed by atoms with van der Waals surface area (Å²) in [6.07, 6.45) is 9.32. The van der Waals surface area contributed by atoms with E-state index < -0.39 is 0 Å². The first-order valence-corrected chi connectivity index (χ1v) is 11.3. The van der Waals surface area contributed by atoms with Crippen molar-refractivity contribution >= 4 is 46.1 Å².